The van der Waals surface area contributed by atoms with E-state index in [0.717, 1.165) is 37.3 Å². The summed E-state index contributed by atoms with van der Waals surface area (Å²) in [7, 11) is 6.18. The lowest BCUT2D eigenvalue weighted by Crippen LogP contribution is -2.57. The topological polar surface area (TPSA) is 65.4 Å². The number of rotatable bonds is 6. The Bertz CT molecular complexity index is 903. The highest BCUT2D eigenvalue weighted by atomic mass is 16.2. The maximum absolute atomic E-state index is 12.0. The van der Waals surface area contributed by atoms with Crippen molar-refractivity contribution >= 4 is 11.7 Å². The van der Waals surface area contributed by atoms with Crippen LogP contribution in [0.3, 0.4) is 0 Å². The normalized spacial score (nSPS) is 25.0. The zero-order valence-corrected chi connectivity index (χ0v) is 19.4. The molecule has 2 amide bonds. The fourth-order valence-corrected chi connectivity index (χ4v) is 5.11. The van der Waals surface area contributed by atoms with Crippen LogP contribution in [0.25, 0.3) is 11.3 Å². The number of nitrogens with zero attached hydrogens (tertiary/aromatic N) is 4. The van der Waals surface area contributed by atoms with Gasteiger partial charge in [-0.05, 0) is 57.4 Å². The summed E-state index contributed by atoms with van der Waals surface area (Å²) in [6.45, 7) is 6.85. The molecule has 3 saturated heterocycles. The minimum atomic E-state index is -0.0641. The lowest BCUT2D eigenvalue weighted by molar-refractivity contribution is 0.0294. The Morgan fingerprint density at radius 1 is 1.26 bits per heavy atom. The van der Waals surface area contributed by atoms with Crippen molar-refractivity contribution in [3.8, 4) is 11.3 Å². The number of urea groups is 1. The van der Waals surface area contributed by atoms with E-state index in [-0.39, 0.29) is 12.1 Å². The molecule has 7 nitrogen and oxygen atoms in total. The number of piperidine rings is 3. The van der Waals surface area contributed by atoms with Crippen molar-refractivity contribution in [3.05, 3.63) is 36.0 Å². The van der Waals surface area contributed by atoms with Gasteiger partial charge >= 0.3 is 6.03 Å². The molecule has 3 fully saturated rings. The van der Waals surface area contributed by atoms with Gasteiger partial charge in [-0.15, -0.1) is 0 Å². The summed E-state index contributed by atoms with van der Waals surface area (Å²) in [4.78, 5) is 16.6. The van der Waals surface area contributed by atoms with E-state index in [9.17, 15) is 4.79 Å². The fraction of sp³-hybridized carbons (Fsp3) is 0.583. The fourth-order valence-electron chi connectivity index (χ4n) is 5.11. The Morgan fingerprint density at radius 3 is 2.61 bits per heavy atom. The van der Waals surface area contributed by atoms with Crippen molar-refractivity contribution in [2.45, 2.75) is 44.7 Å². The van der Waals surface area contributed by atoms with E-state index >= 15 is 0 Å². The smallest absolute Gasteiger partial charge is 0.315 e. The molecular formula is C24H36N6O. The molecule has 4 heterocycles. The minimum Gasteiger partial charge on any atom is -0.378 e. The molecule has 3 aliphatic heterocycles. The highest BCUT2D eigenvalue weighted by Gasteiger charge is 2.41. The Hall–Kier alpha value is -2.54. The second-order valence-electron chi connectivity index (χ2n) is 9.57. The number of fused-ring (bicyclic) bond motifs is 3. The molecule has 4 unspecified atom stereocenters. The number of carbonyl (C=O) groups is 1. The third-order valence-corrected chi connectivity index (χ3v) is 6.77. The highest BCUT2D eigenvalue weighted by Crippen LogP contribution is 2.42. The number of aryl methyl sites for hydroxylation is 1. The first-order chi connectivity index (χ1) is 14.8. The largest absolute Gasteiger partial charge is 0.378 e. The Kier molecular flexibility index (Phi) is 6.23. The molecule has 1 aromatic heterocycles. The molecular weight excluding hydrogens is 388 g/mol. The van der Waals surface area contributed by atoms with Crippen molar-refractivity contribution in [1.82, 2.24) is 25.3 Å². The van der Waals surface area contributed by atoms with E-state index < -0.39 is 0 Å². The van der Waals surface area contributed by atoms with Crippen LogP contribution >= 0.6 is 0 Å². The molecule has 2 bridgehead atoms. The van der Waals surface area contributed by atoms with Crippen LogP contribution < -0.4 is 15.5 Å². The monoisotopic (exact) mass is 424 g/mol. The zero-order chi connectivity index (χ0) is 22.1. The van der Waals surface area contributed by atoms with Crippen LogP contribution in [0.1, 0.15) is 38.3 Å². The molecule has 1 aromatic carbocycles. The van der Waals surface area contributed by atoms with Gasteiger partial charge in [0.2, 0.25) is 0 Å². The van der Waals surface area contributed by atoms with Gasteiger partial charge in [-0.25, -0.2) is 4.79 Å². The first-order valence-electron chi connectivity index (χ1n) is 11.4. The first kappa shape index (κ1) is 21.7. The van der Waals surface area contributed by atoms with Crippen LogP contribution in [-0.2, 0) is 7.05 Å². The molecule has 4 atom stereocenters. The third-order valence-electron chi connectivity index (χ3n) is 6.77. The predicted molar refractivity (Wildman–Crippen MR) is 125 cm³/mol. The number of benzene rings is 1. The van der Waals surface area contributed by atoms with Crippen molar-refractivity contribution in [1.29, 1.82) is 0 Å². The number of hydrogen-bond donors (Lipinski definition) is 2. The summed E-state index contributed by atoms with van der Waals surface area (Å²) in [6, 6.07) is 11.4. The standard InChI is InChI=1S/C24H36N6O/c1-16(2)26-24(31)25-14-20-12-18-10-11-30(20)15-21(18)23-13-22(27-29(23)5)17-6-8-19(9-7-17)28(3)4/h6-9,13,16,18,20-21H,10-12,14-15H2,1-5H3,(H2,25,26,31). The SMILES string of the molecule is CC(C)NC(=O)NCC1CC2CCN1CC2c1cc(-c2ccc(N(C)C)cc2)nn1C. The van der Waals surface area contributed by atoms with E-state index in [1.807, 2.05) is 13.8 Å². The number of hydrogen-bond acceptors (Lipinski definition) is 4. The zero-order valence-electron chi connectivity index (χ0n) is 19.4. The van der Waals surface area contributed by atoms with Crippen molar-refractivity contribution in [2.24, 2.45) is 13.0 Å². The Morgan fingerprint density at radius 2 is 2.00 bits per heavy atom. The van der Waals surface area contributed by atoms with Crippen LogP contribution in [0.4, 0.5) is 10.5 Å². The van der Waals surface area contributed by atoms with Crippen LogP contribution in [0, 0.1) is 5.92 Å². The molecule has 5 rings (SSSR count). The quantitative estimate of drug-likeness (QED) is 0.748. The number of anilines is 1. The van der Waals surface area contributed by atoms with Crippen molar-refractivity contribution in [2.75, 3.05) is 38.6 Å². The molecule has 0 radical (unpaired) electrons. The molecule has 0 spiro atoms. The summed E-state index contributed by atoms with van der Waals surface area (Å²) < 4.78 is 2.07. The summed E-state index contributed by atoms with van der Waals surface area (Å²) in [6.07, 6.45) is 2.35. The molecule has 0 aliphatic carbocycles. The average molecular weight is 425 g/mol. The molecule has 2 N–H and O–H groups in total. The van der Waals surface area contributed by atoms with Gasteiger partial charge in [0.15, 0.2) is 0 Å². The number of carbonyl (C=O) groups excluding carboxylic acids is 1. The van der Waals surface area contributed by atoms with Crippen LogP contribution in [-0.4, -0.2) is 66.5 Å². The predicted octanol–water partition coefficient (Wildman–Crippen LogP) is 3.04. The molecule has 0 saturated carbocycles. The highest BCUT2D eigenvalue weighted by molar-refractivity contribution is 5.74. The van der Waals surface area contributed by atoms with Crippen LogP contribution in [0.5, 0.6) is 0 Å². The number of amides is 2. The Labute approximate surface area is 185 Å². The maximum atomic E-state index is 12.0. The van der Waals surface area contributed by atoms with E-state index in [0.29, 0.717) is 17.9 Å². The molecule has 168 valence electrons. The second kappa shape index (κ2) is 8.91. The van der Waals surface area contributed by atoms with Gasteiger partial charge in [-0.1, -0.05) is 12.1 Å². The lowest BCUT2D eigenvalue weighted by Gasteiger charge is -2.49. The second-order valence-corrected chi connectivity index (χ2v) is 9.57. The van der Waals surface area contributed by atoms with Gasteiger partial charge in [-0.3, -0.25) is 9.58 Å². The molecule has 2 aromatic rings. The first-order valence-corrected chi connectivity index (χ1v) is 11.4. The molecule has 3 aliphatic rings. The van der Waals surface area contributed by atoms with E-state index in [1.54, 1.807) is 0 Å². The Balaban J connectivity index is 1.43. The van der Waals surface area contributed by atoms with E-state index in [1.165, 1.54) is 17.8 Å². The van der Waals surface area contributed by atoms with E-state index in [4.69, 9.17) is 5.10 Å². The van der Waals surface area contributed by atoms with E-state index in [2.05, 4.69) is 76.6 Å². The summed E-state index contributed by atoms with van der Waals surface area (Å²) in [5, 5.41) is 10.8. The van der Waals surface area contributed by atoms with Crippen LogP contribution in [0.15, 0.2) is 30.3 Å². The molecule has 7 heteroatoms. The molecule has 31 heavy (non-hydrogen) atoms. The third kappa shape index (κ3) is 4.71. The average Bonchev–Trinajstić information content (AvgIpc) is 3.13. The summed E-state index contributed by atoms with van der Waals surface area (Å²) >= 11 is 0. The lowest BCUT2D eigenvalue weighted by atomic mass is 9.74. The van der Waals surface area contributed by atoms with Gasteiger partial charge < -0.3 is 15.5 Å². The minimum absolute atomic E-state index is 0.0641. The van der Waals surface area contributed by atoms with Crippen LogP contribution in [0.2, 0.25) is 0 Å². The van der Waals surface area contributed by atoms with Gasteiger partial charge in [0.05, 0.1) is 5.69 Å². The van der Waals surface area contributed by atoms with Gasteiger partial charge in [0.25, 0.3) is 0 Å². The number of nitrogens with one attached hydrogen (secondary N) is 2. The summed E-state index contributed by atoms with van der Waals surface area (Å²) in [5.41, 5.74) is 4.72. The number of aromatic nitrogens is 2. The van der Waals surface area contributed by atoms with Gasteiger partial charge in [0, 0.05) is 69.2 Å². The van der Waals surface area contributed by atoms with Crippen molar-refractivity contribution < 1.29 is 4.79 Å². The van der Waals surface area contributed by atoms with Crippen molar-refractivity contribution in [3.63, 3.8) is 0 Å². The summed E-state index contributed by atoms with van der Waals surface area (Å²) in [5.74, 6) is 1.14. The maximum Gasteiger partial charge on any atom is 0.315 e. The van der Waals surface area contributed by atoms with Gasteiger partial charge in [0.1, 0.15) is 0 Å². The van der Waals surface area contributed by atoms with Gasteiger partial charge in [-0.2, -0.15) is 5.10 Å².